The van der Waals surface area contributed by atoms with E-state index in [9.17, 15) is 9.59 Å². The fourth-order valence-corrected chi connectivity index (χ4v) is 3.07. The number of hydrogen-bond donors (Lipinski definition) is 1. The molecule has 2 rings (SSSR count). The summed E-state index contributed by atoms with van der Waals surface area (Å²) in [6.45, 7) is -0.348. The number of methoxy groups -OCH3 is 2. The highest BCUT2D eigenvalue weighted by atomic mass is 35.5. The number of halogens is 1. The Bertz CT molecular complexity index is 782. The summed E-state index contributed by atoms with van der Waals surface area (Å²) in [5.74, 6) is 0.740. The van der Waals surface area contributed by atoms with Gasteiger partial charge in [-0.05, 0) is 36.4 Å². The lowest BCUT2D eigenvalue weighted by Gasteiger charge is -2.10. The SMILES string of the molecule is COc1ccc(NC(=O)COC(=O)CCSc2ccc(Cl)cc2)cc1OC. The molecule has 1 amide bonds. The largest absolute Gasteiger partial charge is 0.493 e. The van der Waals surface area contributed by atoms with Crippen molar-refractivity contribution in [3.8, 4) is 11.5 Å². The highest BCUT2D eigenvalue weighted by Crippen LogP contribution is 2.29. The van der Waals surface area contributed by atoms with Crippen molar-refractivity contribution >= 4 is 40.9 Å². The van der Waals surface area contributed by atoms with E-state index in [-0.39, 0.29) is 13.0 Å². The van der Waals surface area contributed by atoms with Gasteiger partial charge in [-0.25, -0.2) is 0 Å². The van der Waals surface area contributed by atoms with Crippen LogP contribution in [0.5, 0.6) is 11.5 Å². The predicted molar refractivity (Wildman–Crippen MR) is 106 cm³/mol. The van der Waals surface area contributed by atoms with Crippen LogP contribution in [0.25, 0.3) is 0 Å². The molecule has 2 aromatic carbocycles. The van der Waals surface area contributed by atoms with E-state index in [0.29, 0.717) is 28.0 Å². The molecule has 0 saturated carbocycles. The molecular weight excluding hydrogens is 390 g/mol. The topological polar surface area (TPSA) is 73.9 Å². The minimum Gasteiger partial charge on any atom is -0.493 e. The third-order valence-corrected chi connectivity index (χ3v) is 4.69. The van der Waals surface area contributed by atoms with E-state index < -0.39 is 11.9 Å². The third-order valence-electron chi connectivity index (χ3n) is 3.42. The molecule has 144 valence electrons. The van der Waals surface area contributed by atoms with Crippen LogP contribution >= 0.6 is 23.4 Å². The van der Waals surface area contributed by atoms with Crippen LogP contribution in [0.1, 0.15) is 6.42 Å². The second-order valence-corrected chi connectivity index (χ2v) is 6.94. The second-order valence-electron chi connectivity index (χ2n) is 5.33. The zero-order chi connectivity index (χ0) is 19.6. The summed E-state index contributed by atoms with van der Waals surface area (Å²) in [6, 6.07) is 12.3. The van der Waals surface area contributed by atoms with Crippen LogP contribution in [-0.2, 0) is 14.3 Å². The van der Waals surface area contributed by atoms with E-state index in [4.69, 9.17) is 25.8 Å². The van der Waals surface area contributed by atoms with Crippen molar-refractivity contribution in [3.05, 3.63) is 47.5 Å². The Morgan fingerprint density at radius 2 is 1.74 bits per heavy atom. The molecule has 2 aromatic rings. The third kappa shape index (κ3) is 7.03. The van der Waals surface area contributed by atoms with Crippen molar-refractivity contribution in [1.29, 1.82) is 0 Å². The van der Waals surface area contributed by atoms with Gasteiger partial charge in [0, 0.05) is 27.4 Å². The number of ether oxygens (including phenoxy) is 3. The number of amides is 1. The Hall–Kier alpha value is -2.38. The van der Waals surface area contributed by atoms with Gasteiger partial charge in [-0.1, -0.05) is 11.6 Å². The van der Waals surface area contributed by atoms with Crippen molar-refractivity contribution in [3.63, 3.8) is 0 Å². The van der Waals surface area contributed by atoms with E-state index in [1.165, 1.54) is 26.0 Å². The molecule has 0 heterocycles. The van der Waals surface area contributed by atoms with E-state index in [1.807, 2.05) is 12.1 Å². The van der Waals surface area contributed by atoms with Gasteiger partial charge in [0.05, 0.1) is 20.6 Å². The summed E-state index contributed by atoms with van der Waals surface area (Å²) < 4.78 is 15.3. The second kappa shape index (κ2) is 10.7. The lowest BCUT2D eigenvalue weighted by molar-refractivity contribution is -0.146. The Labute approximate surface area is 167 Å². The van der Waals surface area contributed by atoms with E-state index >= 15 is 0 Å². The predicted octanol–water partition coefficient (Wildman–Crippen LogP) is 4.02. The molecule has 0 spiro atoms. The van der Waals surface area contributed by atoms with Gasteiger partial charge in [0.1, 0.15) is 0 Å². The van der Waals surface area contributed by atoms with Gasteiger partial charge in [0.15, 0.2) is 18.1 Å². The monoisotopic (exact) mass is 409 g/mol. The molecule has 0 fully saturated rings. The summed E-state index contributed by atoms with van der Waals surface area (Å²) >= 11 is 7.34. The maximum absolute atomic E-state index is 11.9. The summed E-state index contributed by atoms with van der Waals surface area (Å²) in [6.07, 6.45) is 0.205. The average molecular weight is 410 g/mol. The normalized spacial score (nSPS) is 10.2. The molecule has 6 nitrogen and oxygen atoms in total. The highest BCUT2D eigenvalue weighted by Gasteiger charge is 2.10. The van der Waals surface area contributed by atoms with Gasteiger partial charge in [-0.2, -0.15) is 0 Å². The van der Waals surface area contributed by atoms with Crippen LogP contribution in [0.4, 0.5) is 5.69 Å². The summed E-state index contributed by atoms with van der Waals surface area (Å²) in [7, 11) is 3.04. The number of carbonyl (C=O) groups is 2. The fourth-order valence-electron chi connectivity index (χ4n) is 2.11. The standard InChI is InChI=1S/C19H20ClNO5S/c1-24-16-8-5-14(11-17(16)25-2)21-18(22)12-26-19(23)9-10-27-15-6-3-13(20)4-7-15/h3-8,11H,9-10,12H2,1-2H3,(H,21,22). The Balaban J connectivity index is 1.71. The molecule has 0 aliphatic carbocycles. The number of nitrogens with one attached hydrogen (secondary N) is 1. The minimum atomic E-state index is -0.432. The first-order valence-electron chi connectivity index (χ1n) is 8.07. The molecule has 27 heavy (non-hydrogen) atoms. The molecule has 1 N–H and O–H groups in total. The molecule has 0 radical (unpaired) electrons. The first kappa shape index (κ1) is 20.9. The Morgan fingerprint density at radius 1 is 1.04 bits per heavy atom. The van der Waals surface area contributed by atoms with Crippen LogP contribution in [-0.4, -0.2) is 38.5 Å². The van der Waals surface area contributed by atoms with E-state index in [0.717, 1.165) is 4.90 Å². The van der Waals surface area contributed by atoms with Gasteiger partial charge < -0.3 is 19.5 Å². The van der Waals surface area contributed by atoms with E-state index in [2.05, 4.69) is 5.32 Å². The number of hydrogen-bond acceptors (Lipinski definition) is 6. The number of thioether (sulfide) groups is 1. The number of benzene rings is 2. The van der Waals surface area contributed by atoms with Gasteiger partial charge >= 0.3 is 5.97 Å². The molecule has 0 saturated heterocycles. The summed E-state index contributed by atoms with van der Waals surface area (Å²) in [5.41, 5.74) is 0.520. The molecule has 0 bridgehead atoms. The van der Waals surface area contributed by atoms with Crippen molar-refractivity contribution in [2.24, 2.45) is 0 Å². The maximum Gasteiger partial charge on any atom is 0.307 e. The molecule has 0 atom stereocenters. The highest BCUT2D eigenvalue weighted by molar-refractivity contribution is 7.99. The zero-order valence-corrected chi connectivity index (χ0v) is 16.6. The molecular formula is C19H20ClNO5S. The molecule has 0 unspecified atom stereocenters. The van der Waals surface area contributed by atoms with E-state index in [1.54, 1.807) is 30.3 Å². The van der Waals surface area contributed by atoms with Crippen molar-refractivity contribution in [2.75, 3.05) is 31.9 Å². The Kier molecular flexibility index (Phi) is 8.29. The van der Waals surface area contributed by atoms with Crippen molar-refractivity contribution in [2.45, 2.75) is 11.3 Å². The lowest BCUT2D eigenvalue weighted by atomic mass is 10.2. The minimum absolute atomic E-state index is 0.205. The average Bonchev–Trinajstić information content (AvgIpc) is 2.67. The number of anilines is 1. The van der Waals surface area contributed by atoms with Crippen LogP contribution < -0.4 is 14.8 Å². The molecule has 0 aliphatic heterocycles. The van der Waals surface area contributed by atoms with Crippen molar-refractivity contribution < 1.29 is 23.8 Å². The first-order chi connectivity index (χ1) is 13.0. The van der Waals surface area contributed by atoms with Gasteiger partial charge in [0.25, 0.3) is 5.91 Å². The summed E-state index contributed by atoms with van der Waals surface area (Å²) in [4.78, 5) is 24.7. The smallest absolute Gasteiger partial charge is 0.307 e. The van der Waals surface area contributed by atoms with Gasteiger partial charge in [-0.15, -0.1) is 11.8 Å². The fraction of sp³-hybridized carbons (Fsp3) is 0.263. The quantitative estimate of drug-likeness (QED) is 0.498. The zero-order valence-electron chi connectivity index (χ0n) is 15.0. The Morgan fingerprint density at radius 3 is 2.41 bits per heavy atom. The lowest BCUT2D eigenvalue weighted by Crippen LogP contribution is -2.21. The number of rotatable bonds is 9. The van der Waals surface area contributed by atoms with Crippen molar-refractivity contribution in [1.82, 2.24) is 0 Å². The van der Waals surface area contributed by atoms with Crippen LogP contribution in [0.3, 0.4) is 0 Å². The molecule has 0 aliphatic rings. The van der Waals surface area contributed by atoms with Gasteiger partial charge in [-0.3, -0.25) is 9.59 Å². The number of carbonyl (C=O) groups excluding carboxylic acids is 2. The van der Waals surface area contributed by atoms with Crippen LogP contribution in [0.15, 0.2) is 47.4 Å². The molecule has 8 heteroatoms. The van der Waals surface area contributed by atoms with Crippen LogP contribution in [0, 0.1) is 0 Å². The maximum atomic E-state index is 11.9. The number of esters is 1. The van der Waals surface area contributed by atoms with Crippen LogP contribution in [0.2, 0.25) is 5.02 Å². The molecule has 0 aromatic heterocycles. The van der Waals surface area contributed by atoms with Gasteiger partial charge in [0.2, 0.25) is 0 Å². The first-order valence-corrected chi connectivity index (χ1v) is 9.44. The summed E-state index contributed by atoms with van der Waals surface area (Å²) in [5, 5.41) is 3.31.